The Morgan fingerprint density at radius 3 is 2.71 bits per heavy atom. The fourth-order valence-corrected chi connectivity index (χ4v) is 2.09. The number of aliphatic hydroxyl groups excluding tert-OH is 1. The summed E-state index contributed by atoms with van der Waals surface area (Å²) in [7, 11) is 0. The van der Waals surface area contributed by atoms with Crippen LogP contribution in [0.2, 0.25) is 0 Å². The summed E-state index contributed by atoms with van der Waals surface area (Å²) in [6.45, 7) is 3.54. The van der Waals surface area contributed by atoms with Crippen LogP contribution in [0.3, 0.4) is 0 Å². The van der Waals surface area contributed by atoms with Gasteiger partial charge in [-0.05, 0) is 24.6 Å². The molecule has 0 aliphatic rings. The molecule has 1 rings (SSSR count). The molecule has 0 saturated carbocycles. The maximum atomic E-state index is 9.09. The second kappa shape index (κ2) is 6.61. The standard InChI is InChI=1S/C12H18BrN3O/c1-2-5-16(6-7-17)11-8-9(13)3-4-10(11)12(14)15/h3-4,8,17H,2,5-7H2,1H3,(H3,14,15). The summed E-state index contributed by atoms with van der Waals surface area (Å²) in [5.74, 6) is 0.0477. The quantitative estimate of drug-likeness (QED) is 0.555. The first-order valence-corrected chi connectivity index (χ1v) is 6.39. The number of hydrogen-bond acceptors (Lipinski definition) is 3. The highest BCUT2D eigenvalue weighted by molar-refractivity contribution is 9.10. The molecule has 17 heavy (non-hydrogen) atoms. The summed E-state index contributed by atoms with van der Waals surface area (Å²) in [5.41, 5.74) is 7.17. The zero-order valence-electron chi connectivity index (χ0n) is 9.91. The topological polar surface area (TPSA) is 73.3 Å². The lowest BCUT2D eigenvalue weighted by Crippen LogP contribution is -2.30. The van der Waals surface area contributed by atoms with Crippen molar-refractivity contribution >= 4 is 27.5 Å². The first kappa shape index (κ1) is 14.0. The molecule has 0 heterocycles. The molecular weight excluding hydrogens is 282 g/mol. The van der Waals surface area contributed by atoms with Gasteiger partial charge in [-0.25, -0.2) is 0 Å². The molecular formula is C12H18BrN3O. The van der Waals surface area contributed by atoms with Crippen molar-refractivity contribution < 1.29 is 5.11 Å². The zero-order valence-corrected chi connectivity index (χ0v) is 11.5. The Kier molecular flexibility index (Phi) is 5.44. The third kappa shape index (κ3) is 3.71. The molecule has 0 amide bonds. The third-order valence-electron chi connectivity index (χ3n) is 2.45. The Morgan fingerprint density at radius 2 is 2.18 bits per heavy atom. The largest absolute Gasteiger partial charge is 0.395 e. The number of nitrogens with two attached hydrogens (primary N) is 1. The van der Waals surface area contributed by atoms with Gasteiger partial charge in [-0.1, -0.05) is 22.9 Å². The van der Waals surface area contributed by atoms with Crippen LogP contribution in [0, 0.1) is 5.41 Å². The minimum atomic E-state index is 0.0477. The summed E-state index contributed by atoms with van der Waals surface area (Å²) in [5, 5.41) is 16.7. The molecule has 1 aromatic carbocycles. The van der Waals surface area contributed by atoms with E-state index < -0.39 is 0 Å². The molecule has 0 aliphatic heterocycles. The molecule has 5 heteroatoms. The first-order valence-electron chi connectivity index (χ1n) is 5.60. The zero-order chi connectivity index (χ0) is 12.8. The number of amidine groups is 1. The van der Waals surface area contributed by atoms with Crippen molar-refractivity contribution in [3.63, 3.8) is 0 Å². The van der Waals surface area contributed by atoms with E-state index in [-0.39, 0.29) is 12.4 Å². The fraction of sp³-hybridized carbons (Fsp3) is 0.417. The lowest BCUT2D eigenvalue weighted by Gasteiger charge is -2.26. The summed E-state index contributed by atoms with van der Waals surface area (Å²) >= 11 is 3.42. The molecule has 94 valence electrons. The lowest BCUT2D eigenvalue weighted by molar-refractivity contribution is 0.302. The van der Waals surface area contributed by atoms with Crippen molar-refractivity contribution in [1.82, 2.24) is 0 Å². The number of nitrogens with one attached hydrogen (secondary N) is 1. The summed E-state index contributed by atoms with van der Waals surface area (Å²) < 4.78 is 0.941. The monoisotopic (exact) mass is 299 g/mol. The Hall–Kier alpha value is -1.07. The number of nitrogens with zero attached hydrogens (tertiary/aromatic N) is 1. The van der Waals surface area contributed by atoms with E-state index in [1.807, 2.05) is 23.1 Å². The molecule has 4 N–H and O–H groups in total. The van der Waals surface area contributed by atoms with Crippen molar-refractivity contribution in [1.29, 1.82) is 5.41 Å². The fourth-order valence-electron chi connectivity index (χ4n) is 1.74. The van der Waals surface area contributed by atoms with Crippen molar-refractivity contribution in [2.45, 2.75) is 13.3 Å². The summed E-state index contributed by atoms with van der Waals surface area (Å²) in [6.07, 6.45) is 0.976. The molecule has 1 aromatic rings. The van der Waals surface area contributed by atoms with Crippen LogP contribution >= 0.6 is 15.9 Å². The molecule has 0 saturated heterocycles. The van der Waals surface area contributed by atoms with Crippen LogP contribution in [0.1, 0.15) is 18.9 Å². The van der Waals surface area contributed by atoms with Crippen molar-refractivity contribution in [3.8, 4) is 0 Å². The SMILES string of the molecule is CCCN(CCO)c1cc(Br)ccc1C(=N)N. The van der Waals surface area contributed by atoms with Gasteiger partial charge < -0.3 is 15.7 Å². The number of aliphatic hydroxyl groups is 1. The van der Waals surface area contributed by atoms with Crippen LogP contribution in [0.25, 0.3) is 0 Å². The van der Waals surface area contributed by atoms with Gasteiger partial charge in [0.05, 0.1) is 6.61 Å². The first-order chi connectivity index (χ1) is 8.10. The molecule has 0 aliphatic carbocycles. The number of benzene rings is 1. The Balaban J connectivity index is 3.14. The van der Waals surface area contributed by atoms with Crippen molar-refractivity contribution in [2.75, 3.05) is 24.6 Å². The molecule has 0 unspecified atom stereocenters. The van der Waals surface area contributed by atoms with Gasteiger partial charge in [0.2, 0.25) is 0 Å². The minimum Gasteiger partial charge on any atom is -0.395 e. The van der Waals surface area contributed by atoms with E-state index in [0.29, 0.717) is 12.1 Å². The van der Waals surface area contributed by atoms with Crippen LogP contribution in [-0.4, -0.2) is 30.6 Å². The van der Waals surface area contributed by atoms with E-state index in [4.69, 9.17) is 16.2 Å². The normalized spacial score (nSPS) is 10.3. The smallest absolute Gasteiger partial charge is 0.124 e. The van der Waals surface area contributed by atoms with Crippen LogP contribution in [0.4, 0.5) is 5.69 Å². The van der Waals surface area contributed by atoms with E-state index in [1.165, 1.54) is 0 Å². The van der Waals surface area contributed by atoms with Gasteiger partial charge in [-0.2, -0.15) is 0 Å². The molecule has 0 bridgehead atoms. The van der Waals surface area contributed by atoms with E-state index in [9.17, 15) is 0 Å². The maximum absolute atomic E-state index is 9.09. The number of nitrogen functional groups attached to an aromatic ring is 1. The van der Waals surface area contributed by atoms with Gasteiger partial charge in [-0.15, -0.1) is 0 Å². The minimum absolute atomic E-state index is 0.0477. The van der Waals surface area contributed by atoms with Crippen LogP contribution in [0.5, 0.6) is 0 Å². The molecule has 0 atom stereocenters. The highest BCUT2D eigenvalue weighted by Gasteiger charge is 2.12. The van der Waals surface area contributed by atoms with Crippen LogP contribution < -0.4 is 10.6 Å². The van der Waals surface area contributed by atoms with E-state index in [2.05, 4.69) is 22.9 Å². The number of rotatable bonds is 6. The predicted molar refractivity (Wildman–Crippen MR) is 74.7 cm³/mol. The van der Waals surface area contributed by atoms with E-state index in [0.717, 1.165) is 23.1 Å². The number of hydrogen-bond donors (Lipinski definition) is 3. The number of halogens is 1. The van der Waals surface area contributed by atoms with Gasteiger partial charge in [0.15, 0.2) is 0 Å². The average Bonchev–Trinajstić information content (AvgIpc) is 2.28. The maximum Gasteiger partial charge on any atom is 0.124 e. The van der Waals surface area contributed by atoms with E-state index in [1.54, 1.807) is 0 Å². The van der Waals surface area contributed by atoms with Crippen LogP contribution in [-0.2, 0) is 0 Å². The third-order valence-corrected chi connectivity index (χ3v) is 2.95. The second-order valence-electron chi connectivity index (χ2n) is 3.79. The van der Waals surface area contributed by atoms with Gasteiger partial charge in [0.1, 0.15) is 5.84 Å². The Labute approximate surface area is 110 Å². The molecule has 0 fully saturated rings. The van der Waals surface area contributed by atoms with Gasteiger partial charge in [-0.3, -0.25) is 5.41 Å². The Morgan fingerprint density at radius 1 is 1.47 bits per heavy atom. The summed E-state index contributed by atoms with van der Waals surface area (Å²) in [4.78, 5) is 2.04. The summed E-state index contributed by atoms with van der Waals surface area (Å²) in [6, 6.07) is 5.62. The van der Waals surface area contributed by atoms with Gasteiger partial charge in [0.25, 0.3) is 0 Å². The molecule has 0 spiro atoms. The Bertz CT molecular complexity index is 389. The second-order valence-corrected chi connectivity index (χ2v) is 4.70. The van der Waals surface area contributed by atoms with Gasteiger partial charge >= 0.3 is 0 Å². The molecule has 0 radical (unpaired) electrons. The molecule has 4 nitrogen and oxygen atoms in total. The lowest BCUT2D eigenvalue weighted by atomic mass is 10.1. The van der Waals surface area contributed by atoms with Gasteiger partial charge in [0, 0.05) is 28.8 Å². The van der Waals surface area contributed by atoms with E-state index >= 15 is 0 Å². The van der Waals surface area contributed by atoms with Crippen LogP contribution in [0.15, 0.2) is 22.7 Å². The highest BCUT2D eigenvalue weighted by Crippen LogP contribution is 2.25. The van der Waals surface area contributed by atoms with Crippen molar-refractivity contribution in [2.24, 2.45) is 5.73 Å². The molecule has 0 aromatic heterocycles. The number of anilines is 1. The highest BCUT2D eigenvalue weighted by atomic mass is 79.9. The average molecular weight is 300 g/mol. The predicted octanol–water partition coefficient (Wildman–Crippen LogP) is 1.94. The van der Waals surface area contributed by atoms with Crippen molar-refractivity contribution in [3.05, 3.63) is 28.2 Å².